The predicted molar refractivity (Wildman–Crippen MR) is 107 cm³/mol. The Hall–Kier alpha value is -3.07. The molecule has 28 heavy (non-hydrogen) atoms. The highest BCUT2D eigenvalue weighted by Gasteiger charge is 2.19. The van der Waals surface area contributed by atoms with Crippen LogP contribution in [0.5, 0.6) is 11.5 Å². The highest BCUT2D eigenvalue weighted by molar-refractivity contribution is 7.92. The Balaban J connectivity index is 1.94. The van der Waals surface area contributed by atoms with E-state index in [9.17, 15) is 13.2 Å². The first-order valence-corrected chi connectivity index (χ1v) is 9.91. The number of nitrogens with one attached hydrogen (secondary N) is 2. The number of nitrogen functional groups attached to an aromatic ring is 1. The molecule has 0 spiro atoms. The number of anilines is 1. The predicted octanol–water partition coefficient (Wildman–Crippen LogP) is 3.54. The molecule has 9 heteroatoms. The number of hydrazine groups is 1. The van der Waals surface area contributed by atoms with Crippen LogP contribution in [0.3, 0.4) is 0 Å². The lowest BCUT2D eigenvalue weighted by Gasteiger charge is -2.14. The summed E-state index contributed by atoms with van der Waals surface area (Å²) < 4.78 is 33.8. The van der Waals surface area contributed by atoms with Gasteiger partial charge >= 0.3 is 0 Å². The Morgan fingerprint density at radius 2 is 1.71 bits per heavy atom. The Labute approximate surface area is 167 Å². The normalized spacial score (nSPS) is 10.9. The second-order valence-corrected chi connectivity index (χ2v) is 7.78. The standard InChI is InChI=1S/C19H16ClN3O4S/c20-14-9-10-18(27-15-6-2-1-3-7-15)17(12-14)23-28(25,26)16-8-4-5-13(11-16)19(24)22-21/h1-12,23H,21H2,(H,22,24). The summed E-state index contributed by atoms with van der Waals surface area (Å²) in [5.74, 6) is 5.30. The molecule has 0 aliphatic carbocycles. The van der Waals surface area contributed by atoms with E-state index in [2.05, 4.69) is 4.72 Å². The van der Waals surface area contributed by atoms with Crippen LogP contribution in [-0.2, 0) is 10.0 Å². The minimum Gasteiger partial charge on any atom is -0.455 e. The Morgan fingerprint density at radius 1 is 0.964 bits per heavy atom. The van der Waals surface area contributed by atoms with Gasteiger partial charge in [-0.05, 0) is 48.5 Å². The number of hydrogen-bond donors (Lipinski definition) is 3. The molecule has 3 rings (SSSR count). The zero-order valence-corrected chi connectivity index (χ0v) is 16.0. The van der Waals surface area contributed by atoms with Crippen molar-refractivity contribution >= 4 is 33.2 Å². The first kappa shape index (κ1) is 19.7. The highest BCUT2D eigenvalue weighted by atomic mass is 35.5. The number of sulfonamides is 1. The zero-order chi connectivity index (χ0) is 20.1. The highest BCUT2D eigenvalue weighted by Crippen LogP contribution is 2.33. The maximum atomic E-state index is 12.8. The summed E-state index contributed by atoms with van der Waals surface area (Å²) in [5, 5.41) is 0.328. The van der Waals surface area contributed by atoms with Crippen molar-refractivity contribution in [2.75, 3.05) is 4.72 Å². The van der Waals surface area contributed by atoms with Crippen molar-refractivity contribution in [2.24, 2.45) is 5.84 Å². The molecule has 0 bridgehead atoms. The van der Waals surface area contributed by atoms with Crippen LogP contribution < -0.4 is 20.7 Å². The average Bonchev–Trinajstić information content (AvgIpc) is 2.70. The van der Waals surface area contributed by atoms with E-state index >= 15 is 0 Å². The zero-order valence-electron chi connectivity index (χ0n) is 14.4. The van der Waals surface area contributed by atoms with Gasteiger partial charge in [0.15, 0.2) is 5.75 Å². The summed E-state index contributed by atoms with van der Waals surface area (Å²) in [6.07, 6.45) is 0. The Morgan fingerprint density at radius 3 is 2.43 bits per heavy atom. The molecular formula is C19H16ClN3O4S. The molecule has 144 valence electrons. The van der Waals surface area contributed by atoms with Crippen LogP contribution in [0.15, 0.2) is 77.7 Å². The summed E-state index contributed by atoms with van der Waals surface area (Å²) in [6, 6.07) is 19.0. The van der Waals surface area contributed by atoms with E-state index in [0.29, 0.717) is 10.8 Å². The van der Waals surface area contributed by atoms with Crippen LogP contribution in [-0.4, -0.2) is 14.3 Å². The topological polar surface area (TPSA) is 111 Å². The van der Waals surface area contributed by atoms with Gasteiger partial charge in [0.2, 0.25) is 0 Å². The first-order chi connectivity index (χ1) is 13.4. The molecule has 0 atom stereocenters. The molecule has 3 aromatic carbocycles. The fraction of sp³-hybridized carbons (Fsp3) is 0. The van der Waals surface area contributed by atoms with Crippen molar-refractivity contribution < 1.29 is 17.9 Å². The molecular weight excluding hydrogens is 402 g/mol. The minimum atomic E-state index is -4.02. The van der Waals surface area contributed by atoms with Gasteiger partial charge in [0.25, 0.3) is 15.9 Å². The van der Waals surface area contributed by atoms with E-state index in [-0.39, 0.29) is 21.9 Å². The van der Waals surface area contributed by atoms with E-state index in [1.807, 2.05) is 11.5 Å². The van der Waals surface area contributed by atoms with Crippen LogP contribution in [0.25, 0.3) is 0 Å². The van der Waals surface area contributed by atoms with Gasteiger partial charge in [-0.15, -0.1) is 0 Å². The Bertz CT molecular complexity index is 1110. The third-order valence-electron chi connectivity index (χ3n) is 3.69. The second-order valence-electron chi connectivity index (χ2n) is 5.66. The molecule has 1 amide bonds. The molecule has 0 unspecified atom stereocenters. The number of ether oxygens (including phenoxy) is 1. The van der Waals surface area contributed by atoms with E-state index in [1.165, 1.54) is 30.3 Å². The van der Waals surface area contributed by atoms with Gasteiger partial charge in [0.05, 0.1) is 10.6 Å². The fourth-order valence-corrected chi connectivity index (χ4v) is 3.66. The smallest absolute Gasteiger partial charge is 0.265 e. The summed E-state index contributed by atoms with van der Waals surface area (Å²) in [4.78, 5) is 11.6. The summed E-state index contributed by atoms with van der Waals surface area (Å²) in [5.41, 5.74) is 2.23. The Kier molecular flexibility index (Phi) is 5.84. The number of rotatable bonds is 6. The summed E-state index contributed by atoms with van der Waals surface area (Å²) >= 11 is 6.02. The molecule has 0 fully saturated rings. The maximum absolute atomic E-state index is 12.8. The van der Waals surface area contributed by atoms with Crippen LogP contribution in [0.1, 0.15) is 10.4 Å². The number of carbonyl (C=O) groups excluding carboxylic acids is 1. The fourth-order valence-electron chi connectivity index (χ4n) is 2.38. The lowest BCUT2D eigenvalue weighted by molar-refractivity contribution is 0.0953. The van der Waals surface area contributed by atoms with Crippen molar-refractivity contribution in [3.8, 4) is 11.5 Å². The van der Waals surface area contributed by atoms with E-state index in [4.69, 9.17) is 22.2 Å². The third kappa shape index (κ3) is 4.61. The number of halogens is 1. The molecule has 4 N–H and O–H groups in total. The minimum absolute atomic E-state index is 0.109. The molecule has 0 aromatic heterocycles. The van der Waals surface area contributed by atoms with Gasteiger partial charge < -0.3 is 4.74 Å². The number of amides is 1. The quantitative estimate of drug-likeness (QED) is 0.323. The molecule has 7 nitrogen and oxygen atoms in total. The SMILES string of the molecule is NNC(=O)c1cccc(S(=O)(=O)Nc2cc(Cl)ccc2Oc2ccccc2)c1. The lowest BCUT2D eigenvalue weighted by Crippen LogP contribution is -2.30. The molecule has 0 aliphatic rings. The second kappa shape index (κ2) is 8.30. The van der Waals surface area contributed by atoms with Crippen molar-refractivity contribution in [1.82, 2.24) is 5.43 Å². The maximum Gasteiger partial charge on any atom is 0.265 e. The largest absolute Gasteiger partial charge is 0.455 e. The van der Waals surface area contributed by atoms with Gasteiger partial charge in [-0.1, -0.05) is 35.9 Å². The molecule has 0 saturated carbocycles. The summed E-state index contributed by atoms with van der Waals surface area (Å²) in [7, 11) is -4.02. The van der Waals surface area contributed by atoms with Crippen LogP contribution in [0, 0.1) is 0 Å². The number of para-hydroxylation sites is 1. The van der Waals surface area contributed by atoms with E-state index < -0.39 is 15.9 Å². The van der Waals surface area contributed by atoms with Crippen LogP contribution in [0.4, 0.5) is 5.69 Å². The molecule has 0 aliphatic heterocycles. The number of benzene rings is 3. The molecule has 0 radical (unpaired) electrons. The lowest BCUT2D eigenvalue weighted by atomic mass is 10.2. The monoisotopic (exact) mass is 417 g/mol. The van der Waals surface area contributed by atoms with Gasteiger partial charge in [0.1, 0.15) is 5.75 Å². The number of hydrogen-bond acceptors (Lipinski definition) is 5. The molecule has 3 aromatic rings. The van der Waals surface area contributed by atoms with Crippen molar-refractivity contribution in [3.05, 3.63) is 83.4 Å². The first-order valence-electron chi connectivity index (χ1n) is 8.05. The average molecular weight is 418 g/mol. The summed E-state index contributed by atoms with van der Waals surface area (Å²) in [6.45, 7) is 0. The van der Waals surface area contributed by atoms with Gasteiger partial charge in [-0.25, -0.2) is 14.3 Å². The number of carbonyl (C=O) groups is 1. The molecule has 0 saturated heterocycles. The third-order valence-corrected chi connectivity index (χ3v) is 5.29. The van der Waals surface area contributed by atoms with Gasteiger partial charge in [0, 0.05) is 10.6 Å². The van der Waals surface area contributed by atoms with Crippen molar-refractivity contribution in [3.63, 3.8) is 0 Å². The van der Waals surface area contributed by atoms with Gasteiger partial charge in [-0.2, -0.15) is 0 Å². The molecule has 0 heterocycles. The number of nitrogens with two attached hydrogens (primary N) is 1. The van der Waals surface area contributed by atoms with Crippen LogP contribution >= 0.6 is 11.6 Å². The van der Waals surface area contributed by atoms with Crippen molar-refractivity contribution in [1.29, 1.82) is 0 Å². The van der Waals surface area contributed by atoms with E-state index in [1.54, 1.807) is 36.4 Å². The van der Waals surface area contributed by atoms with Gasteiger partial charge in [-0.3, -0.25) is 14.9 Å². The van der Waals surface area contributed by atoms with E-state index in [0.717, 1.165) is 0 Å². The van der Waals surface area contributed by atoms with Crippen molar-refractivity contribution in [2.45, 2.75) is 4.90 Å². The van der Waals surface area contributed by atoms with Crippen LogP contribution in [0.2, 0.25) is 5.02 Å².